The zero-order valence-electron chi connectivity index (χ0n) is 29.8. The number of nitrogens with zero attached hydrogens (tertiary/aromatic N) is 4. The van der Waals surface area contributed by atoms with E-state index in [9.17, 15) is 30.6 Å². The number of aliphatic hydroxyl groups is 2. The number of ether oxygens (including phenoxy) is 3. The largest absolute Gasteiger partial charge is 0.488 e. The number of benzene rings is 2. The molecule has 2 aromatic carbocycles. The summed E-state index contributed by atoms with van der Waals surface area (Å²) in [7, 11) is 0. The number of aliphatic carboxylic acids is 1. The lowest BCUT2D eigenvalue weighted by Gasteiger charge is -2.45. The van der Waals surface area contributed by atoms with Crippen molar-refractivity contribution in [3.05, 3.63) is 106 Å². The zero-order valence-corrected chi connectivity index (χ0v) is 30.6. The van der Waals surface area contributed by atoms with Gasteiger partial charge < -0.3 is 34.4 Å². The number of aromatic nitrogens is 1. The summed E-state index contributed by atoms with van der Waals surface area (Å²) in [6.45, 7) is 4.91. The molecule has 12 nitrogen and oxygen atoms in total. The highest BCUT2D eigenvalue weighted by molar-refractivity contribution is 6.32. The molecule has 1 aromatic heterocycles. The maximum atomic E-state index is 11.9. The van der Waals surface area contributed by atoms with Crippen LogP contribution in [0.4, 0.5) is 0 Å². The molecule has 3 unspecified atom stereocenters. The highest BCUT2D eigenvalue weighted by Crippen LogP contribution is 2.49. The van der Waals surface area contributed by atoms with Crippen LogP contribution in [-0.2, 0) is 22.7 Å². The van der Waals surface area contributed by atoms with E-state index in [1.165, 1.54) is 13.1 Å². The Balaban J connectivity index is 1.45. The Morgan fingerprint density at radius 1 is 1.17 bits per heavy atom. The van der Waals surface area contributed by atoms with Crippen LogP contribution < -0.4 is 14.8 Å². The van der Waals surface area contributed by atoms with Gasteiger partial charge in [-0.2, -0.15) is 10.5 Å². The van der Waals surface area contributed by atoms with Crippen molar-refractivity contribution in [1.29, 1.82) is 10.5 Å². The third-order valence-electron chi connectivity index (χ3n) is 9.88. The Hall–Kier alpha value is -4.79. The first kappa shape index (κ1) is 39.4. The standard InChI is InChI=1S/C40H44ClN5O7/c1-38(25-43)33(30-8-4-3-5-9-30)10-6-12-40(38,53-15-7-13-46-14-11-32(48)23-46)27-52-36-18-35(51-24-29-16-28(19-42)20-44-21-29)31(17-34(36)41)22-45-39(2,26-47)37(49)50/h3-6,8-10,12,16-18,20-21,32,45,47-48H,7,11,13-15,22-24,26-27H2,1-2H3,(H,49,50)/t32-,38?,39?,40?/m1/s1. The molecule has 2 aliphatic rings. The van der Waals surface area contributed by atoms with Gasteiger partial charge in [-0.25, -0.2) is 0 Å². The number of hydrogen-bond acceptors (Lipinski definition) is 11. The van der Waals surface area contributed by atoms with E-state index in [0.29, 0.717) is 42.0 Å². The third-order valence-corrected chi connectivity index (χ3v) is 10.2. The van der Waals surface area contributed by atoms with Gasteiger partial charge in [-0.1, -0.05) is 54.1 Å². The van der Waals surface area contributed by atoms with E-state index < -0.39 is 29.1 Å². The minimum atomic E-state index is -1.64. The number of carboxylic acid groups (broad SMARTS) is 1. The second kappa shape index (κ2) is 17.4. The van der Waals surface area contributed by atoms with Gasteiger partial charge in [0, 0.05) is 62.4 Å². The molecule has 1 fully saturated rings. The van der Waals surface area contributed by atoms with Crippen LogP contribution in [0.1, 0.15) is 48.9 Å². The van der Waals surface area contributed by atoms with Crippen LogP contribution in [0.3, 0.4) is 0 Å². The normalized spacial score (nSPS) is 22.3. The lowest BCUT2D eigenvalue weighted by atomic mass is 9.65. The Bertz CT molecular complexity index is 1910. The summed E-state index contributed by atoms with van der Waals surface area (Å²) in [6.07, 6.45) is 9.73. The SMILES string of the molecule is CC(CO)(NCc1cc(Cl)c(OCC2(OCCCN3CC[C@@H](O)C3)C=CC=C(c3ccccc3)C2(C)C#N)cc1OCc1cncc(C#N)c1)C(=O)O. The lowest BCUT2D eigenvalue weighted by molar-refractivity contribution is -0.145. The lowest BCUT2D eigenvalue weighted by Crippen LogP contribution is -2.53. The molecule has 5 rings (SSSR count). The summed E-state index contributed by atoms with van der Waals surface area (Å²) < 4.78 is 19.4. The molecule has 1 aliphatic carbocycles. The van der Waals surface area contributed by atoms with E-state index >= 15 is 0 Å². The van der Waals surface area contributed by atoms with Crippen LogP contribution >= 0.6 is 11.6 Å². The van der Waals surface area contributed by atoms with E-state index in [4.69, 9.17) is 25.8 Å². The molecule has 278 valence electrons. The molecule has 0 spiro atoms. The Labute approximate surface area is 314 Å². The number of β-amino-alcohol motifs (C(OH)–C–C–N with tert-alkyl or cyclic N) is 1. The number of carbonyl (C=O) groups is 1. The molecule has 0 radical (unpaired) electrons. The molecule has 0 bridgehead atoms. The topological polar surface area (TPSA) is 181 Å². The minimum absolute atomic E-state index is 0.0222. The summed E-state index contributed by atoms with van der Waals surface area (Å²) in [5.41, 5.74) is -0.986. The van der Waals surface area contributed by atoms with Crippen LogP contribution in [0.15, 0.2) is 79.2 Å². The fraction of sp³-hybridized carbons (Fsp3) is 0.400. The summed E-state index contributed by atoms with van der Waals surface area (Å²) in [6, 6.07) is 19.1. The fourth-order valence-corrected chi connectivity index (χ4v) is 6.67. The molecule has 53 heavy (non-hydrogen) atoms. The highest BCUT2D eigenvalue weighted by atomic mass is 35.5. The predicted molar refractivity (Wildman–Crippen MR) is 198 cm³/mol. The van der Waals surface area contributed by atoms with Gasteiger partial charge in [-0.15, -0.1) is 0 Å². The average molecular weight is 742 g/mol. The molecule has 4 N–H and O–H groups in total. The van der Waals surface area contributed by atoms with Gasteiger partial charge in [-0.05, 0) is 56.0 Å². The molecular weight excluding hydrogens is 698 g/mol. The fourth-order valence-electron chi connectivity index (χ4n) is 6.43. The van der Waals surface area contributed by atoms with Gasteiger partial charge in [0.05, 0.1) is 29.4 Å². The van der Waals surface area contributed by atoms with Crippen molar-refractivity contribution in [2.75, 3.05) is 39.5 Å². The molecule has 4 atom stereocenters. The minimum Gasteiger partial charge on any atom is -0.488 e. The summed E-state index contributed by atoms with van der Waals surface area (Å²) in [5, 5.41) is 52.8. The smallest absolute Gasteiger partial charge is 0.326 e. The van der Waals surface area contributed by atoms with Crippen molar-refractivity contribution in [2.24, 2.45) is 5.41 Å². The molecule has 3 aromatic rings. The van der Waals surface area contributed by atoms with Crippen molar-refractivity contribution in [2.45, 2.75) is 57.1 Å². The molecular formula is C40H44ClN5O7. The number of nitriles is 2. The second-order valence-electron chi connectivity index (χ2n) is 13.7. The number of aliphatic hydroxyl groups excluding tert-OH is 2. The highest BCUT2D eigenvalue weighted by Gasteiger charge is 2.53. The van der Waals surface area contributed by atoms with Crippen LogP contribution in [0.2, 0.25) is 5.02 Å². The number of likely N-dealkylation sites (tertiary alicyclic amines) is 1. The third kappa shape index (κ3) is 9.06. The van der Waals surface area contributed by atoms with E-state index in [1.807, 2.05) is 55.5 Å². The number of carboxylic acids is 1. The van der Waals surface area contributed by atoms with Gasteiger partial charge in [0.25, 0.3) is 0 Å². The predicted octanol–water partition coefficient (Wildman–Crippen LogP) is 4.89. The first-order chi connectivity index (χ1) is 25.5. The van der Waals surface area contributed by atoms with Crippen molar-refractivity contribution < 1.29 is 34.3 Å². The summed E-state index contributed by atoms with van der Waals surface area (Å²) in [4.78, 5) is 18.2. The van der Waals surface area contributed by atoms with Gasteiger partial charge in [0.1, 0.15) is 47.3 Å². The molecule has 0 saturated carbocycles. The maximum absolute atomic E-state index is 11.9. The first-order valence-electron chi connectivity index (χ1n) is 17.4. The van der Waals surface area contributed by atoms with Crippen molar-refractivity contribution in [3.63, 3.8) is 0 Å². The van der Waals surface area contributed by atoms with Crippen LogP contribution in [0, 0.1) is 28.1 Å². The quantitative estimate of drug-likeness (QED) is 0.138. The van der Waals surface area contributed by atoms with Crippen LogP contribution in [-0.4, -0.2) is 87.9 Å². The van der Waals surface area contributed by atoms with Gasteiger partial charge in [0.2, 0.25) is 0 Å². The van der Waals surface area contributed by atoms with Gasteiger partial charge >= 0.3 is 5.97 Å². The van der Waals surface area contributed by atoms with Crippen molar-refractivity contribution >= 4 is 23.1 Å². The number of rotatable bonds is 17. The van der Waals surface area contributed by atoms with Crippen molar-refractivity contribution in [1.82, 2.24) is 15.2 Å². The Kier molecular flexibility index (Phi) is 12.9. The monoisotopic (exact) mass is 741 g/mol. The molecule has 2 heterocycles. The molecule has 13 heteroatoms. The summed E-state index contributed by atoms with van der Waals surface area (Å²) >= 11 is 6.83. The van der Waals surface area contributed by atoms with Crippen molar-refractivity contribution in [3.8, 4) is 23.6 Å². The second-order valence-corrected chi connectivity index (χ2v) is 14.1. The average Bonchev–Trinajstić information content (AvgIpc) is 3.60. The van der Waals surface area contributed by atoms with E-state index in [-0.39, 0.29) is 36.6 Å². The van der Waals surface area contributed by atoms with Crippen LogP contribution in [0.5, 0.6) is 11.5 Å². The maximum Gasteiger partial charge on any atom is 0.326 e. The van der Waals surface area contributed by atoms with Gasteiger partial charge in [-0.3, -0.25) is 15.1 Å². The van der Waals surface area contributed by atoms with Gasteiger partial charge in [0.15, 0.2) is 0 Å². The number of nitrogens with one attached hydrogen (secondary N) is 1. The molecule has 1 aliphatic heterocycles. The molecule has 1 saturated heterocycles. The van der Waals surface area contributed by atoms with E-state index in [2.05, 4.69) is 27.3 Å². The first-order valence-corrected chi connectivity index (χ1v) is 17.8. The Morgan fingerprint density at radius 2 is 1.96 bits per heavy atom. The van der Waals surface area contributed by atoms with E-state index in [1.54, 1.807) is 24.4 Å². The number of hydrogen-bond donors (Lipinski definition) is 4. The van der Waals surface area contributed by atoms with E-state index in [0.717, 1.165) is 30.6 Å². The van der Waals surface area contributed by atoms with Crippen LogP contribution in [0.25, 0.3) is 5.57 Å². The summed E-state index contributed by atoms with van der Waals surface area (Å²) in [5.74, 6) is -0.697. The zero-order chi connectivity index (χ0) is 38.1. The Morgan fingerprint density at radius 3 is 2.64 bits per heavy atom. The number of pyridine rings is 1. The number of allylic oxidation sites excluding steroid dienone is 2. The molecule has 0 amide bonds. The number of halogens is 1.